The maximum atomic E-state index is 13.0. The molecule has 200 valence electrons. The smallest absolute Gasteiger partial charge is 0.426 e. The molecule has 2 N–H and O–H groups in total. The van der Waals surface area contributed by atoms with Gasteiger partial charge in [0.1, 0.15) is 5.76 Å². The first-order chi connectivity index (χ1) is 19.5. The number of ether oxygens (including phenoxy) is 2. The molecule has 4 aromatic rings. The van der Waals surface area contributed by atoms with Crippen LogP contribution in [0.5, 0.6) is 23.0 Å². The van der Waals surface area contributed by atoms with Crippen molar-refractivity contribution >= 4 is 35.8 Å². The molecule has 0 bridgehead atoms. The van der Waals surface area contributed by atoms with Crippen molar-refractivity contribution in [3.63, 3.8) is 0 Å². The summed E-state index contributed by atoms with van der Waals surface area (Å²) in [4.78, 5) is 13.0. The molecule has 0 aliphatic carbocycles. The van der Waals surface area contributed by atoms with E-state index < -0.39 is 6.92 Å². The standard InChI is InChI=1S/C33H29BO6/c1-38-32-21-24(15-19-30(32)36)13-17-28(35)23-29(18-14-25-16-20-31(37)33(22-25)39-2)40-34(26-9-5-3-6-10-26)27-11-7-4-8-12-27/h3-23,36-37H,1-2H3/b17-13+,18-14+,29-23-. The van der Waals surface area contributed by atoms with Gasteiger partial charge in [-0.3, -0.25) is 4.79 Å². The normalized spacial score (nSPS) is 11.5. The third-order valence-corrected chi connectivity index (χ3v) is 6.03. The Balaban J connectivity index is 1.68. The molecule has 4 rings (SSSR count). The predicted molar refractivity (Wildman–Crippen MR) is 159 cm³/mol. The van der Waals surface area contributed by atoms with E-state index >= 15 is 0 Å². The maximum absolute atomic E-state index is 13.0. The molecule has 0 radical (unpaired) electrons. The van der Waals surface area contributed by atoms with E-state index in [1.165, 1.54) is 32.4 Å². The van der Waals surface area contributed by atoms with Crippen LogP contribution in [0.1, 0.15) is 11.1 Å². The van der Waals surface area contributed by atoms with Gasteiger partial charge in [0, 0.05) is 6.08 Å². The summed E-state index contributed by atoms with van der Waals surface area (Å²) < 4.78 is 16.9. The molecular formula is C33H29BO6. The number of benzene rings is 4. The van der Waals surface area contributed by atoms with E-state index in [-0.39, 0.29) is 17.3 Å². The molecule has 0 aliphatic heterocycles. The maximum Gasteiger partial charge on any atom is 0.426 e. The van der Waals surface area contributed by atoms with E-state index in [4.69, 9.17) is 14.1 Å². The Kier molecular flexibility index (Phi) is 9.46. The van der Waals surface area contributed by atoms with Crippen LogP contribution in [0.25, 0.3) is 12.2 Å². The van der Waals surface area contributed by atoms with Gasteiger partial charge >= 0.3 is 6.92 Å². The highest BCUT2D eigenvalue weighted by Gasteiger charge is 2.23. The van der Waals surface area contributed by atoms with Gasteiger partial charge in [-0.2, -0.15) is 0 Å². The molecule has 0 saturated heterocycles. The van der Waals surface area contributed by atoms with Crippen LogP contribution >= 0.6 is 0 Å². The van der Waals surface area contributed by atoms with E-state index in [0.29, 0.717) is 22.8 Å². The lowest BCUT2D eigenvalue weighted by atomic mass is 9.55. The van der Waals surface area contributed by atoms with Gasteiger partial charge in [-0.05, 0) is 58.5 Å². The minimum atomic E-state index is -0.467. The van der Waals surface area contributed by atoms with Gasteiger partial charge in [0.15, 0.2) is 28.8 Å². The van der Waals surface area contributed by atoms with Crippen molar-refractivity contribution in [3.05, 3.63) is 132 Å². The van der Waals surface area contributed by atoms with Crippen LogP contribution in [0.2, 0.25) is 0 Å². The number of rotatable bonds is 11. The fourth-order valence-electron chi connectivity index (χ4n) is 3.98. The zero-order chi connectivity index (χ0) is 28.3. The van der Waals surface area contributed by atoms with Crippen molar-refractivity contribution in [1.82, 2.24) is 0 Å². The first kappa shape index (κ1) is 27.9. The lowest BCUT2D eigenvalue weighted by molar-refractivity contribution is -0.110. The van der Waals surface area contributed by atoms with Crippen molar-refractivity contribution in [2.45, 2.75) is 0 Å². The summed E-state index contributed by atoms with van der Waals surface area (Å²) in [6.07, 6.45) is 7.97. The van der Waals surface area contributed by atoms with Crippen molar-refractivity contribution in [1.29, 1.82) is 0 Å². The molecule has 4 aromatic carbocycles. The quantitative estimate of drug-likeness (QED) is 0.121. The van der Waals surface area contributed by atoms with Crippen molar-refractivity contribution < 1.29 is 29.1 Å². The van der Waals surface area contributed by atoms with Gasteiger partial charge in [-0.25, -0.2) is 0 Å². The molecule has 0 aliphatic rings. The zero-order valence-electron chi connectivity index (χ0n) is 22.2. The Morgan fingerprint density at radius 3 is 1.62 bits per heavy atom. The number of aromatic hydroxyl groups is 2. The molecule has 0 heterocycles. The number of allylic oxidation sites excluding steroid dienone is 3. The summed E-state index contributed by atoms with van der Waals surface area (Å²) in [6.45, 7) is -0.467. The number of phenolic OH excluding ortho intramolecular Hbond substituents is 2. The monoisotopic (exact) mass is 532 g/mol. The number of hydrogen-bond donors (Lipinski definition) is 2. The summed E-state index contributed by atoms with van der Waals surface area (Å²) in [5, 5.41) is 19.8. The topological polar surface area (TPSA) is 85.2 Å². The van der Waals surface area contributed by atoms with E-state index in [2.05, 4.69) is 0 Å². The molecule has 0 spiro atoms. The first-order valence-corrected chi connectivity index (χ1v) is 12.6. The third-order valence-electron chi connectivity index (χ3n) is 6.03. The van der Waals surface area contributed by atoms with E-state index in [0.717, 1.165) is 16.5 Å². The van der Waals surface area contributed by atoms with Crippen molar-refractivity contribution in [2.24, 2.45) is 0 Å². The predicted octanol–water partition coefficient (Wildman–Crippen LogP) is 5.12. The fraction of sp³-hybridized carbons (Fsp3) is 0.0606. The Bertz CT molecular complexity index is 1490. The molecule has 0 fully saturated rings. The molecule has 6 nitrogen and oxygen atoms in total. The average molecular weight is 532 g/mol. The minimum absolute atomic E-state index is 0.0189. The van der Waals surface area contributed by atoms with E-state index in [9.17, 15) is 15.0 Å². The zero-order valence-corrected chi connectivity index (χ0v) is 22.2. The van der Waals surface area contributed by atoms with Gasteiger partial charge in [0.05, 0.1) is 14.2 Å². The molecule has 0 saturated carbocycles. The lowest BCUT2D eigenvalue weighted by Gasteiger charge is -2.17. The van der Waals surface area contributed by atoms with Crippen LogP contribution in [-0.2, 0) is 9.45 Å². The first-order valence-electron chi connectivity index (χ1n) is 12.6. The molecule has 7 heteroatoms. The third kappa shape index (κ3) is 7.45. The Labute approximate surface area is 234 Å². The lowest BCUT2D eigenvalue weighted by Crippen LogP contribution is -2.44. The van der Waals surface area contributed by atoms with E-state index in [1.54, 1.807) is 48.6 Å². The second-order valence-electron chi connectivity index (χ2n) is 8.80. The summed E-state index contributed by atoms with van der Waals surface area (Å²) >= 11 is 0. The summed E-state index contributed by atoms with van der Waals surface area (Å²) in [6, 6.07) is 29.3. The molecule has 0 unspecified atom stereocenters. The minimum Gasteiger partial charge on any atom is -0.551 e. The number of carbonyl (C=O) groups excluding carboxylic acids is 1. The Hall–Kier alpha value is -5.17. The molecule has 0 atom stereocenters. The van der Waals surface area contributed by atoms with Gasteiger partial charge in [-0.1, -0.05) is 84.9 Å². The summed E-state index contributed by atoms with van der Waals surface area (Å²) in [5.41, 5.74) is 3.30. The van der Waals surface area contributed by atoms with Crippen LogP contribution in [0.4, 0.5) is 0 Å². The summed E-state index contributed by atoms with van der Waals surface area (Å²) in [5.74, 6) is 0.743. The van der Waals surface area contributed by atoms with Gasteiger partial charge in [0.2, 0.25) is 0 Å². The van der Waals surface area contributed by atoms with E-state index in [1.807, 2.05) is 60.7 Å². The van der Waals surface area contributed by atoms with Crippen LogP contribution in [0, 0.1) is 0 Å². The number of ketones is 1. The fourth-order valence-corrected chi connectivity index (χ4v) is 3.98. The number of carbonyl (C=O) groups is 1. The Morgan fingerprint density at radius 2 is 1.15 bits per heavy atom. The second kappa shape index (κ2) is 13.6. The molecule has 0 aromatic heterocycles. The van der Waals surface area contributed by atoms with Crippen LogP contribution in [-0.4, -0.2) is 37.1 Å². The summed E-state index contributed by atoms with van der Waals surface area (Å²) in [7, 11) is 2.95. The highest BCUT2D eigenvalue weighted by atomic mass is 16.5. The number of hydrogen-bond acceptors (Lipinski definition) is 6. The molecule has 0 amide bonds. The Morgan fingerprint density at radius 1 is 0.675 bits per heavy atom. The van der Waals surface area contributed by atoms with Crippen molar-refractivity contribution in [2.75, 3.05) is 14.2 Å². The van der Waals surface area contributed by atoms with Gasteiger partial charge in [-0.15, -0.1) is 0 Å². The highest BCUT2D eigenvalue weighted by molar-refractivity contribution is 6.80. The van der Waals surface area contributed by atoms with Gasteiger partial charge < -0.3 is 24.3 Å². The largest absolute Gasteiger partial charge is 0.551 e. The van der Waals surface area contributed by atoms with Crippen LogP contribution in [0.15, 0.2) is 121 Å². The highest BCUT2D eigenvalue weighted by Crippen LogP contribution is 2.28. The molecule has 40 heavy (non-hydrogen) atoms. The number of phenols is 2. The van der Waals surface area contributed by atoms with Crippen LogP contribution in [0.3, 0.4) is 0 Å². The number of methoxy groups -OCH3 is 2. The molecular weight excluding hydrogens is 503 g/mol. The van der Waals surface area contributed by atoms with Crippen LogP contribution < -0.4 is 20.4 Å². The van der Waals surface area contributed by atoms with Gasteiger partial charge in [0.25, 0.3) is 0 Å². The SMILES string of the molecule is COc1cc(/C=C/C(=O)/C=C(/C=C/c2ccc(O)c(OC)c2)OB(c2ccccc2)c2ccccc2)ccc1O. The second-order valence-corrected chi connectivity index (χ2v) is 8.80. The van der Waals surface area contributed by atoms with Crippen molar-refractivity contribution in [3.8, 4) is 23.0 Å². The average Bonchev–Trinajstić information content (AvgIpc) is 2.99.